The Morgan fingerprint density at radius 2 is 1.70 bits per heavy atom. The van der Waals surface area contributed by atoms with Crippen LogP contribution in [0.25, 0.3) is 0 Å². The number of hydrogen-bond donors (Lipinski definition) is 0. The van der Waals surface area contributed by atoms with Crippen LogP contribution >= 0.6 is 0 Å². The first-order valence-electron chi connectivity index (χ1n) is 6.93. The summed E-state index contributed by atoms with van der Waals surface area (Å²) in [6.45, 7) is 2.73. The topological polar surface area (TPSA) is 3.24 Å². The molecule has 1 saturated heterocycles. The van der Waals surface area contributed by atoms with Gasteiger partial charge in [0, 0.05) is 19.2 Å². The SMILES string of the molecule is Fc1cc(F)cc(C2CCN(Cc3ccccc3)C2)c1. The van der Waals surface area contributed by atoms with Gasteiger partial charge in [-0.2, -0.15) is 0 Å². The molecule has 0 radical (unpaired) electrons. The lowest BCUT2D eigenvalue weighted by molar-refractivity contribution is 0.326. The summed E-state index contributed by atoms with van der Waals surface area (Å²) >= 11 is 0. The summed E-state index contributed by atoms with van der Waals surface area (Å²) in [4.78, 5) is 2.34. The van der Waals surface area contributed by atoms with E-state index in [1.165, 1.54) is 17.7 Å². The third-order valence-corrected chi connectivity index (χ3v) is 3.88. The van der Waals surface area contributed by atoms with E-state index in [1.807, 2.05) is 18.2 Å². The largest absolute Gasteiger partial charge is 0.298 e. The summed E-state index contributed by atoms with van der Waals surface area (Å²) in [5, 5.41) is 0. The van der Waals surface area contributed by atoms with Crippen LogP contribution in [-0.2, 0) is 6.54 Å². The first-order valence-corrected chi connectivity index (χ1v) is 6.93. The summed E-state index contributed by atoms with van der Waals surface area (Å²) in [7, 11) is 0. The average molecular weight is 273 g/mol. The maximum absolute atomic E-state index is 13.3. The first-order chi connectivity index (χ1) is 9.70. The van der Waals surface area contributed by atoms with Crippen LogP contribution in [0.4, 0.5) is 8.78 Å². The average Bonchev–Trinajstić information content (AvgIpc) is 2.87. The molecule has 0 aromatic heterocycles. The molecule has 0 bridgehead atoms. The van der Waals surface area contributed by atoms with Crippen LogP contribution in [-0.4, -0.2) is 18.0 Å². The van der Waals surface area contributed by atoms with Crippen molar-refractivity contribution < 1.29 is 8.78 Å². The van der Waals surface area contributed by atoms with Gasteiger partial charge in [0.2, 0.25) is 0 Å². The second-order valence-electron chi connectivity index (χ2n) is 5.41. The van der Waals surface area contributed by atoms with Crippen molar-refractivity contribution in [2.75, 3.05) is 13.1 Å². The molecule has 2 aromatic carbocycles. The molecule has 1 nitrogen and oxygen atoms in total. The molecule has 1 aliphatic rings. The quantitative estimate of drug-likeness (QED) is 0.818. The van der Waals surface area contributed by atoms with E-state index in [0.717, 1.165) is 37.7 Å². The fraction of sp³-hybridized carbons (Fsp3) is 0.294. The summed E-state index contributed by atoms with van der Waals surface area (Å²) in [5.41, 5.74) is 2.05. The lowest BCUT2D eigenvalue weighted by atomic mass is 9.98. The lowest BCUT2D eigenvalue weighted by Gasteiger charge is -2.16. The van der Waals surface area contributed by atoms with Gasteiger partial charge in [-0.05, 0) is 42.1 Å². The molecule has 0 saturated carbocycles. The van der Waals surface area contributed by atoms with E-state index in [2.05, 4.69) is 17.0 Å². The van der Waals surface area contributed by atoms with Gasteiger partial charge in [-0.3, -0.25) is 4.90 Å². The zero-order valence-electron chi connectivity index (χ0n) is 11.2. The molecule has 104 valence electrons. The van der Waals surface area contributed by atoms with Crippen molar-refractivity contribution in [1.29, 1.82) is 0 Å². The van der Waals surface area contributed by atoms with Gasteiger partial charge in [0.1, 0.15) is 11.6 Å². The second kappa shape index (κ2) is 5.71. The summed E-state index contributed by atoms with van der Waals surface area (Å²) in [6.07, 6.45) is 0.954. The third kappa shape index (κ3) is 3.05. The van der Waals surface area contributed by atoms with Gasteiger partial charge in [-0.1, -0.05) is 30.3 Å². The van der Waals surface area contributed by atoms with Crippen molar-refractivity contribution in [2.45, 2.75) is 18.9 Å². The summed E-state index contributed by atoms with van der Waals surface area (Å²) in [6, 6.07) is 14.1. The van der Waals surface area contributed by atoms with Crippen molar-refractivity contribution in [2.24, 2.45) is 0 Å². The molecule has 0 spiro atoms. The Morgan fingerprint density at radius 1 is 1.00 bits per heavy atom. The van der Waals surface area contributed by atoms with Crippen molar-refractivity contribution >= 4 is 0 Å². The van der Waals surface area contributed by atoms with Crippen LogP contribution in [0.5, 0.6) is 0 Å². The van der Waals surface area contributed by atoms with Crippen molar-refractivity contribution in [3.8, 4) is 0 Å². The molecule has 0 aliphatic carbocycles. The van der Waals surface area contributed by atoms with E-state index in [4.69, 9.17) is 0 Å². The van der Waals surface area contributed by atoms with Crippen LogP contribution in [0.3, 0.4) is 0 Å². The van der Waals surface area contributed by atoms with Gasteiger partial charge in [0.15, 0.2) is 0 Å². The first kappa shape index (κ1) is 13.3. The highest BCUT2D eigenvalue weighted by molar-refractivity contribution is 5.23. The number of nitrogens with zero attached hydrogens (tertiary/aromatic N) is 1. The highest BCUT2D eigenvalue weighted by Crippen LogP contribution is 2.29. The van der Waals surface area contributed by atoms with Crippen molar-refractivity contribution in [3.05, 3.63) is 71.3 Å². The van der Waals surface area contributed by atoms with E-state index in [9.17, 15) is 8.78 Å². The number of benzene rings is 2. The highest BCUT2D eigenvalue weighted by Gasteiger charge is 2.24. The molecule has 3 rings (SSSR count). The Bertz CT molecular complexity index is 563. The minimum Gasteiger partial charge on any atom is -0.298 e. The normalized spacial score (nSPS) is 19.4. The Balaban J connectivity index is 1.67. The minimum atomic E-state index is -0.485. The van der Waals surface area contributed by atoms with E-state index in [1.54, 1.807) is 0 Å². The molecule has 2 aromatic rings. The maximum atomic E-state index is 13.3. The molecular weight excluding hydrogens is 256 g/mol. The molecule has 1 atom stereocenters. The fourth-order valence-electron chi connectivity index (χ4n) is 2.90. The number of halogens is 2. The van der Waals surface area contributed by atoms with E-state index >= 15 is 0 Å². The summed E-state index contributed by atoms with van der Waals surface area (Å²) in [5.74, 6) is -0.744. The third-order valence-electron chi connectivity index (χ3n) is 3.88. The number of rotatable bonds is 3. The zero-order chi connectivity index (χ0) is 13.9. The predicted octanol–water partition coefficient (Wildman–Crippen LogP) is 3.95. The summed E-state index contributed by atoms with van der Waals surface area (Å²) < 4.78 is 26.5. The monoisotopic (exact) mass is 273 g/mol. The molecule has 0 amide bonds. The molecular formula is C17H17F2N. The molecule has 3 heteroatoms. The van der Waals surface area contributed by atoms with Crippen LogP contribution < -0.4 is 0 Å². The number of likely N-dealkylation sites (tertiary alicyclic amines) is 1. The van der Waals surface area contributed by atoms with Crippen molar-refractivity contribution in [1.82, 2.24) is 4.90 Å². The van der Waals surface area contributed by atoms with Gasteiger partial charge >= 0.3 is 0 Å². The zero-order valence-corrected chi connectivity index (χ0v) is 11.2. The van der Waals surface area contributed by atoms with Gasteiger partial charge in [0.25, 0.3) is 0 Å². The Morgan fingerprint density at radius 3 is 2.40 bits per heavy atom. The standard InChI is InChI=1S/C17H17F2N/c18-16-8-15(9-17(19)10-16)14-6-7-20(12-14)11-13-4-2-1-3-5-13/h1-5,8-10,14H,6-7,11-12H2. The molecule has 0 N–H and O–H groups in total. The van der Waals surface area contributed by atoms with Gasteiger partial charge in [-0.15, -0.1) is 0 Å². The smallest absolute Gasteiger partial charge is 0.126 e. The van der Waals surface area contributed by atoms with Crippen molar-refractivity contribution in [3.63, 3.8) is 0 Å². The molecule has 1 aliphatic heterocycles. The lowest BCUT2D eigenvalue weighted by Crippen LogP contribution is -2.19. The van der Waals surface area contributed by atoms with Gasteiger partial charge in [-0.25, -0.2) is 8.78 Å². The van der Waals surface area contributed by atoms with Gasteiger partial charge < -0.3 is 0 Å². The Kier molecular flexibility index (Phi) is 3.79. The molecule has 1 heterocycles. The van der Waals surface area contributed by atoms with E-state index in [0.29, 0.717) is 0 Å². The highest BCUT2D eigenvalue weighted by atomic mass is 19.1. The number of hydrogen-bond acceptors (Lipinski definition) is 1. The van der Waals surface area contributed by atoms with Crippen LogP contribution in [0.2, 0.25) is 0 Å². The Hall–Kier alpha value is -1.74. The van der Waals surface area contributed by atoms with Gasteiger partial charge in [0.05, 0.1) is 0 Å². The van der Waals surface area contributed by atoms with Crippen LogP contribution in [0.15, 0.2) is 48.5 Å². The minimum absolute atomic E-state index is 0.226. The molecule has 1 fully saturated rings. The second-order valence-corrected chi connectivity index (χ2v) is 5.41. The predicted molar refractivity (Wildman–Crippen MR) is 75.4 cm³/mol. The van der Waals surface area contributed by atoms with Crippen LogP contribution in [0, 0.1) is 11.6 Å². The van der Waals surface area contributed by atoms with E-state index < -0.39 is 11.6 Å². The molecule has 1 unspecified atom stereocenters. The maximum Gasteiger partial charge on any atom is 0.126 e. The molecule has 20 heavy (non-hydrogen) atoms. The fourth-order valence-corrected chi connectivity index (χ4v) is 2.90. The van der Waals surface area contributed by atoms with Crippen LogP contribution in [0.1, 0.15) is 23.5 Å². The Labute approximate surface area is 117 Å². The van der Waals surface area contributed by atoms with E-state index in [-0.39, 0.29) is 5.92 Å².